The molecule has 1 aromatic rings. The fourth-order valence-electron chi connectivity index (χ4n) is 1.51. The smallest absolute Gasteiger partial charge is 0.328 e. The zero-order chi connectivity index (χ0) is 14.4. The van der Waals surface area contributed by atoms with E-state index < -0.39 is 5.97 Å². The standard InChI is InChI=1S/C15H20O4/c1-10(2)18-13-7-5-12(6-8-15(16)17)14(9-13)19-11(3)4/h5-11H,1-4H3,(H,16,17). The van der Waals surface area contributed by atoms with Crippen molar-refractivity contribution in [2.75, 3.05) is 0 Å². The Morgan fingerprint density at radius 1 is 1.16 bits per heavy atom. The quantitative estimate of drug-likeness (QED) is 0.800. The van der Waals surface area contributed by atoms with Gasteiger partial charge < -0.3 is 14.6 Å². The van der Waals surface area contributed by atoms with Gasteiger partial charge in [-0.3, -0.25) is 0 Å². The zero-order valence-corrected chi connectivity index (χ0v) is 11.7. The topological polar surface area (TPSA) is 55.8 Å². The Bertz CT molecular complexity index is 461. The van der Waals surface area contributed by atoms with Gasteiger partial charge in [-0.05, 0) is 45.9 Å². The summed E-state index contributed by atoms with van der Waals surface area (Å²) in [5, 5.41) is 8.67. The lowest BCUT2D eigenvalue weighted by molar-refractivity contribution is -0.131. The first kappa shape index (κ1) is 15.1. The molecule has 0 unspecified atom stereocenters. The summed E-state index contributed by atoms with van der Waals surface area (Å²) in [6.07, 6.45) is 2.68. The first-order valence-corrected chi connectivity index (χ1v) is 6.27. The lowest BCUT2D eigenvalue weighted by Gasteiger charge is -2.15. The molecule has 0 amide bonds. The predicted molar refractivity (Wildman–Crippen MR) is 74.6 cm³/mol. The second kappa shape index (κ2) is 6.83. The maximum absolute atomic E-state index is 10.6. The Labute approximate surface area is 113 Å². The number of carboxylic acids is 1. The summed E-state index contributed by atoms with van der Waals surface area (Å²) >= 11 is 0. The number of hydrogen-bond acceptors (Lipinski definition) is 3. The molecule has 0 atom stereocenters. The fourth-order valence-corrected chi connectivity index (χ4v) is 1.51. The van der Waals surface area contributed by atoms with Gasteiger partial charge in [0.2, 0.25) is 0 Å². The van der Waals surface area contributed by atoms with E-state index in [-0.39, 0.29) is 12.2 Å². The molecule has 104 valence electrons. The molecule has 0 spiro atoms. The van der Waals surface area contributed by atoms with Crippen molar-refractivity contribution in [2.45, 2.75) is 39.9 Å². The molecule has 1 aromatic carbocycles. The van der Waals surface area contributed by atoms with Gasteiger partial charge in [0.1, 0.15) is 11.5 Å². The van der Waals surface area contributed by atoms with Crippen molar-refractivity contribution in [2.24, 2.45) is 0 Å². The molecule has 4 nitrogen and oxygen atoms in total. The largest absolute Gasteiger partial charge is 0.491 e. The van der Waals surface area contributed by atoms with Gasteiger partial charge >= 0.3 is 5.97 Å². The van der Waals surface area contributed by atoms with E-state index in [4.69, 9.17) is 14.6 Å². The normalized spacial score (nSPS) is 11.3. The molecule has 0 heterocycles. The number of carbonyl (C=O) groups is 1. The van der Waals surface area contributed by atoms with Crippen LogP contribution >= 0.6 is 0 Å². The fraction of sp³-hybridized carbons (Fsp3) is 0.400. The average molecular weight is 264 g/mol. The number of aliphatic carboxylic acids is 1. The van der Waals surface area contributed by atoms with E-state index in [0.29, 0.717) is 17.1 Å². The average Bonchev–Trinajstić information content (AvgIpc) is 2.26. The molecule has 19 heavy (non-hydrogen) atoms. The van der Waals surface area contributed by atoms with Gasteiger partial charge in [0.25, 0.3) is 0 Å². The number of rotatable bonds is 6. The van der Waals surface area contributed by atoms with Gasteiger partial charge in [0.05, 0.1) is 12.2 Å². The van der Waals surface area contributed by atoms with Crippen molar-refractivity contribution in [1.82, 2.24) is 0 Å². The van der Waals surface area contributed by atoms with Crippen LogP contribution in [0.25, 0.3) is 6.08 Å². The molecule has 0 saturated carbocycles. The van der Waals surface area contributed by atoms with Crippen molar-refractivity contribution >= 4 is 12.0 Å². The summed E-state index contributed by atoms with van der Waals surface area (Å²) in [5.41, 5.74) is 0.715. The first-order chi connectivity index (χ1) is 8.88. The number of ether oxygens (including phenoxy) is 2. The Morgan fingerprint density at radius 2 is 1.79 bits per heavy atom. The summed E-state index contributed by atoms with van der Waals surface area (Å²) in [7, 11) is 0. The number of benzene rings is 1. The van der Waals surface area contributed by atoms with E-state index in [0.717, 1.165) is 6.08 Å². The maximum atomic E-state index is 10.6. The van der Waals surface area contributed by atoms with Crippen LogP contribution in [0.15, 0.2) is 24.3 Å². The summed E-state index contributed by atoms with van der Waals surface area (Å²) in [6.45, 7) is 7.73. The van der Waals surface area contributed by atoms with E-state index in [1.165, 1.54) is 6.08 Å². The van der Waals surface area contributed by atoms with E-state index in [1.54, 1.807) is 18.2 Å². The van der Waals surface area contributed by atoms with Crippen molar-refractivity contribution < 1.29 is 19.4 Å². The van der Waals surface area contributed by atoms with Crippen LogP contribution in [0.1, 0.15) is 33.3 Å². The van der Waals surface area contributed by atoms with Crippen molar-refractivity contribution in [3.63, 3.8) is 0 Å². The highest BCUT2D eigenvalue weighted by atomic mass is 16.5. The monoisotopic (exact) mass is 264 g/mol. The molecule has 0 aliphatic heterocycles. The molecule has 4 heteroatoms. The molecule has 0 radical (unpaired) electrons. The third-order valence-electron chi connectivity index (χ3n) is 2.12. The Morgan fingerprint density at radius 3 is 2.32 bits per heavy atom. The van der Waals surface area contributed by atoms with Gasteiger partial charge in [-0.2, -0.15) is 0 Å². The zero-order valence-electron chi connectivity index (χ0n) is 11.7. The molecule has 0 bridgehead atoms. The van der Waals surface area contributed by atoms with Crippen LogP contribution in [0.5, 0.6) is 11.5 Å². The van der Waals surface area contributed by atoms with Gasteiger partial charge in [-0.25, -0.2) is 4.79 Å². The molecule has 0 saturated heterocycles. The van der Waals surface area contributed by atoms with Crippen molar-refractivity contribution in [3.8, 4) is 11.5 Å². The van der Waals surface area contributed by atoms with Crippen molar-refractivity contribution in [3.05, 3.63) is 29.8 Å². The molecule has 0 aliphatic carbocycles. The van der Waals surface area contributed by atoms with E-state index in [2.05, 4.69) is 0 Å². The lowest BCUT2D eigenvalue weighted by Crippen LogP contribution is -2.09. The summed E-state index contributed by atoms with van der Waals surface area (Å²) in [4.78, 5) is 10.6. The van der Waals surface area contributed by atoms with Crippen LogP contribution in [0.4, 0.5) is 0 Å². The van der Waals surface area contributed by atoms with Crippen LogP contribution in [-0.4, -0.2) is 23.3 Å². The maximum Gasteiger partial charge on any atom is 0.328 e. The van der Waals surface area contributed by atoms with Crippen LogP contribution in [0.3, 0.4) is 0 Å². The highest BCUT2D eigenvalue weighted by Gasteiger charge is 2.07. The summed E-state index contributed by atoms with van der Waals surface area (Å²) in [6, 6.07) is 5.37. The molecule has 1 N–H and O–H groups in total. The third kappa shape index (κ3) is 5.46. The Kier molecular flexibility index (Phi) is 5.42. The number of carboxylic acid groups (broad SMARTS) is 1. The highest BCUT2D eigenvalue weighted by molar-refractivity contribution is 5.86. The first-order valence-electron chi connectivity index (χ1n) is 6.27. The van der Waals surface area contributed by atoms with E-state index in [1.807, 2.05) is 27.7 Å². The lowest BCUT2D eigenvalue weighted by atomic mass is 10.1. The van der Waals surface area contributed by atoms with Crippen LogP contribution in [0, 0.1) is 0 Å². The minimum atomic E-state index is -0.988. The SMILES string of the molecule is CC(C)Oc1ccc(C=CC(=O)O)c(OC(C)C)c1. The second-order valence-corrected chi connectivity index (χ2v) is 4.70. The van der Waals surface area contributed by atoms with E-state index in [9.17, 15) is 4.79 Å². The summed E-state index contributed by atoms with van der Waals surface area (Å²) < 4.78 is 11.3. The van der Waals surface area contributed by atoms with Gasteiger partial charge in [-0.15, -0.1) is 0 Å². The predicted octanol–water partition coefficient (Wildman–Crippen LogP) is 3.36. The Balaban J connectivity index is 3.05. The number of hydrogen-bond donors (Lipinski definition) is 1. The molecule has 0 aliphatic rings. The van der Waals surface area contributed by atoms with Crippen molar-refractivity contribution in [1.29, 1.82) is 0 Å². The van der Waals surface area contributed by atoms with Crippen LogP contribution < -0.4 is 9.47 Å². The van der Waals surface area contributed by atoms with Gasteiger partial charge in [0, 0.05) is 17.7 Å². The van der Waals surface area contributed by atoms with Crippen LogP contribution in [0.2, 0.25) is 0 Å². The highest BCUT2D eigenvalue weighted by Crippen LogP contribution is 2.27. The minimum absolute atomic E-state index is 0.00581. The summed E-state index contributed by atoms with van der Waals surface area (Å²) in [5.74, 6) is 0.335. The third-order valence-corrected chi connectivity index (χ3v) is 2.12. The second-order valence-electron chi connectivity index (χ2n) is 4.70. The van der Waals surface area contributed by atoms with Crippen LogP contribution in [-0.2, 0) is 4.79 Å². The molecule has 1 rings (SSSR count). The Hall–Kier alpha value is -1.97. The van der Waals surface area contributed by atoms with Gasteiger partial charge in [-0.1, -0.05) is 0 Å². The molecular weight excluding hydrogens is 244 g/mol. The molecule has 0 fully saturated rings. The van der Waals surface area contributed by atoms with E-state index >= 15 is 0 Å². The van der Waals surface area contributed by atoms with Gasteiger partial charge in [0.15, 0.2) is 0 Å². The minimum Gasteiger partial charge on any atom is -0.491 e. The molecular formula is C15H20O4. The molecule has 0 aromatic heterocycles.